The third kappa shape index (κ3) is 3.78. The van der Waals surface area contributed by atoms with E-state index in [-0.39, 0.29) is 0 Å². The molecule has 0 bridgehead atoms. The van der Waals surface area contributed by atoms with E-state index >= 15 is 0 Å². The standard InChI is InChI=1S/C17H15NO4S/c19-17(15-6-7-16-14(12-15)8-10-22-16)18-23(20,21)11-9-13-4-2-1-3-5-13/h1-7,9,11-12H,8,10H2,(H,18,19)/b11-9+. The second kappa shape index (κ2) is 6.26. The predicted molar refractivity (Wildman–Crippen MR) is 87.5 cm³/mol. The zero-order valence-electron chi connectivity index (χ0n) is 12.2. The minimum atomic E-state index is -3.85. The maximum Gasteiger partial charge on any atom is 0.264 e. The van der Waals surface area contributed by atoms with E-state index in [1.165, 1.54) is 6.08 Å². The molecule has 0 aliphatic carbocycles. The minimum Gasteiger partial charge on any atom is -0.493 e. The first-order chi connectivity index (χ1) is 11.0. The van der Waals surface area contributed by atoms with Crippen molar-refractivity contribution in [2.75, 3.05) is 6.61 Å². The van der Waals surface area contributed by atoms with Gasteiger partial charge in [-0.1, -0.05) is 30.3 Å². The Bertz CT molecular complexity index is 857. The van der Waals surface area contributed by atoms with Crippen LogP contribution in [0.4, 0.5) is 0 Å². The fraction of sp³-hybridized carbons (Fsp3) is 0.118. The average molecular weight is 329 g/mol. The number of hydrogen-bond acceptors (Lipinski definition) is 4. The van der Waals surface area contributed by atoms with E-state index in [9.17, 15) is 13.2 Å². The number of benzene rings is 2. The molecule has 1 heterocycles. The topological polar surface area (TPSA) is 72.5 Å². The first kappa shape index (κ1) is 15.3. The molecule has 6 heteroatoms. The van der Waals surface area contributed by atoms with Crippen LogP contribution in [-0.2, 0) is 16.4 Å². The molecule has 5 nitrogen and oxygen atoms in total. The lowest BCUT2D eigenvalue weighted by atomic mass is 10.1. The molecule has 3 rings (SSSR count). The van der Waals surface area contributed by atoms with Gasteiger partial charge in [0.25, 0.3) is 15.9 Å². The van der Waals surface area contributed by atoms with Gasteiger partial charge in [0.05, 0.1) is 12.0 Å². The Hall–Kier alpha value is -2.60. The van der Waals surface area contributed by atoms with Crippen LogP contribution < -0.4 is 9.46 Å². The number of carbonyl (C=O) groups is 1. The molecule has 2 aromatic rings. The number of amides is 1. The van der Waals surface area contributed by atoms with E-state index in [4.69, 9.17) is 4.74 Å². The van der Waals surface area contributed by atoms with Crippen LogP contribution in [0.5, 0.6) is 5.75 Å². The number of carbonyl (C=O) groups excluding carboxylic acids is 1. The van der Waals surface area contributed by atoms with Crippen LogP contribution in [0.1, 0.15) is 21.5 Å². The normalized spacial score (nSPS) is 13.6. The van der Waals surface area contributed by atoms with Crippen molar-refractivity contribution in [3.63, 3.8) is 0 Å². The molecule has 1 amide bonds. The summed E-state index contributed by atoms with van der Waals surface area (Å²) in [6, 6.07) is 13.9. The highest BCUT2D eigenvalue weighted by atomic mass is 32.2. The first-order valence-corrected chi connectivity index (χ1v) is 8.64. The summed E-state index contributed by atoms with van der Waals surface area (Å²) in [5.74, 6) is 0.0887. The van der Waals surface area contributed by atoms with Gasteiger partial charge < -0.3 is 4.74 Å². The van der Waals surface area contributed by atoms with Gasteiger partial charge in [-0.3, -0.25) is 4.79 Å². The number of fused-ring (bicyclic) bond motifs is 1. The number of ether oxygens (including phenoxy) is 1. The quantitative estimate of drug-likeness (QED) is 0.934. The number of rotatable bonds is 4. The highest BCUT2D eigenvalue weighted by Crippen LogP contribution is 2.25. The molecule has 0 saturated heterocycles. The van der Waals surface area contributed by atoms with Gasteiger partial charge in [0.15, 0.2) is 0 Å². The zero-order chi connectivity index (χ0) is 16.3. The Morgan fingerprint density at radius 2 is 1.91 bits per heavy atom. The highest BCUT2D eigenvalue weighted by Gasteiger charge is 2.17. The van der Waals surface area contributed by atoms with Crippen LogP contribution in [0.25, 0.3) is 6.08 Å². The molecule has 0 radical (unpaired) electrons. The summed E-state index contributed by atoms with van der Waals surface area (Å²) in [5, 5.41) is 0.983. The monoisotopic (exact) mass is 329 g/mol. The van der Waals surface area contributed by atoms with Crippen LogP contribution >= 0.6 is 0 Å². The SMILES string of the molecule is O=C(NS(=O)(=O)/C=C/c1ccccc1)c1ccc2c(c1)CCO2. The van der Waals surface area contributed by atoms with Crippen molar-refractivity contribution in [1.82, 2.24) is 4.72 Å². The lowest BCUT2D eigenvalue weighted by molar-refractivity contribution is 0.0982. The van der Waals surface area contributed by atoms with Gasteiger partial charge in [0.1, 0.15) is 5.75 Å². The second-order valence-corrected chi connectivity index (χ2v) is 6.68. The predicted octanol–water partition coefficient (Wildman–Crippen LogP) is 2.35. The van der Waals surface area contributed by atoms with E-state index in [1.54, 1.807) is 42.5 Å². The van der Waals surface area contributed by atoms with E-state index in [1.807, 2.05) is 10.8 Å². The van der Waals surface area contributed by atoms with Crippen molar-refractivity contribution in [1.29, 1.82) is 0 Å². The molecule has 23 heavy (non-hydrogen) atoms. The Morgan fingerprint density at radius 3 is 2.70 bits per heavy atom. The third-order valence-corrected chi connectivity index (χ3v) is 4.39. The summed E-state index contributed by atoms with van der Waals surface area (Å²) in [7, 11) is -3.85. The lowest BCUT2D eigenvalue weighted by Crippen LogP contribution is -2.28. The van der Waals surface area contributed by atoms with E-state index < -0.39 is 15.9 Å². The van der Waals surface area contributed by atoms with Crippen molar-refractivity contribution < 1.29 is 17.9 Å². The van der Waals surface area contributed by atoms with E-state index in [0.717, 1.165) is 28.7 Å². The molecule has 0 fully saturated rings. The summed E-state index contributed by atoms with van der Waals surface area (Å²) >= 11 is 0. The summed E-state index contributed by atoms with van der Waals surface area (Å²) in [5.41, 5.74) is 1.95. The van der Waals surface area contributed by atoms with Crippen LogP contribution in [0, 0.1) is 0 Å². The molecule has 2 aromatic carbocycles. The highest BCUT2D eigenvalue weighted by molar-refractivity contribution is 7.93. The van der Waals surface area contributed by atoms with Gasteiger partial charge in [-0.2, -0.15) is 0 Å². The molecular formula is C17H15NO4S. The first-order valence-electron chi connectivity index (χ1n) is 7.09. The van der Waals surface area contributed by atoms with Gasteiger partial charge in [0, 0.05) is 12.0 Å². The van der Waals surface area contributed by atoms with Crippen LogP contribution in [-0.4, -0.2) is 20.9 Å². The maximum atomic E-state index is 12.1. The summed E-state index contributed by atoms with van der Waals surface area (Å²) in [4.78, 5) is 12.1. The van der Waals surface area contributed by atoms with Crippen molar-refractivity contribution in [2.24, 2.45) is 0 Å². The van der Waals surface area contributed by atoms with Crippen LogP contribution in [0.2, 0.25) is 0 Å². The smallest absolute Gasteiger partial charge is 0.264 e. The summed E-state index contributed by atoms with van der Waals surface area (Å²) in [6.07, 6.45) is 2.16. The molecule has 0 unspecified atom stereocenters. The van der Waals surface area contributed by atoms with Crippen molar-refractivity contribution in [3.8, 4) is 5.75 Å². The number of hydrogen-bond donors (Lipinski definition) is 1. The van der Waals surface area contributed by atoms with Gasteiger partial charge >= 0.3 is 0 Å². The molecule has 118 valence electrons. The summed E-state index contributed by atoms with van der Waals surface area (Å²) in [6.45, 7) is 0.582. The van der Waals surface area contributed by atoms with Crippen molar-refractivity contribution in [3.05, 3.63) is 70.6 Å². The molecule has 1 aliphatic heterocycles. The van der Waals surface area contributed by atoms with Gasteiger partial charge in [0.2, 0.25) is 0 Å². The van der Waals surface area contributed by atoms with Crippen LogP contribution in [0.15, 0.2) is 53.9 Å². The molecule has 0 aromatic heterocycles. The molecule has 0 spiro atoms. The van der Waals surface area contributed by atoms with Crippen molar-refractivity contribution >= 4 is 22.0 Å². The zero-order valence-corrected chi connectivity index (χ0v) is 13.0. The van der Waals surface area contributed by atoms with E-state index in [2.05, 4.69) is 0 Å². The average Bonchev–Trinajstić information content (AvgIpc) is 3.01. The van der Waals surface area contributed by atoms with Gasteiger partial charge in [-0.05, 0) is 35.4 Å². The minimum absolute atomic E-state index is 0.297. The largest absolute Gasteiger partial charge is 0.493 e. The van der Waals surface area contributed by atoms with Crippen LogP contribution in [0.3, 0.4) is 0 Å². The lowest BCUT2D eigenvalue weighted by Gasteiger charge is -2.05. The molecule has 0 saturated carbocycles. The summed E-state index contributed by atoms with van der Waals surface area (Å²) < 4.78 is 31.4. The maximum absolute atomic E-state index is 12.1. The Morgan fingerprint density at radius 1 is 1.13 bits per heavy atom. The molecule has 1 N–H and O–H groups in total. The molecule has 0 atom stereocenters. The molecule has 1 aliphatic rings. The Labute approximate surface area is 134 Å². The van der Waals surface area contributed by atoms with Crippen molar-refractivity contribution in [2.45, 2.75) is 6.42 Å². The van der Waals surface area contributed by atoms with E-state index in [0.29, 0.717) is 12.2 Å². The second-order valence-electron chi connectivity index (χ2n) is 5.11. The van der Waals surface area contributed by atoms with Gasteiger partial charge in [-0.25, -0.2) is 13.1 Å². The number of sulfonamides is 1. The fourth-order valence-electron chi connectivity index (χ4n) is 2.28. The Kier molecular flexibility index (Phi) is 4.16. The third-order valence-electron chi connectivity index (χ3n) is 3.43. The molecular weight excluding hydrogens is 314 g/mol. The Balaban J connectivity index is 1.72. The number of nitrogens with one attached hydrogen (secondary N) is 1. The fourth-order valence-corrected chi connectivity index (χ4v) is 3.06. The van der Waals surface area contributed by atoms with Gasteiger partial charge in [-0.15, -0.1) is 0 Å².